The second-order valence-corrected chi connectivity index (χ2v) is 7.97. The lowest BCUT2D eigenvalue weighted by Crippen LogP contribution is -2.45. The molecule has 2 aromatic rings. The smallest absolute Gasteiger partial charge is 0.225 e. The third-order valence-corrected chi connectivity index (χ3v) is 5.93. The number of aryl methyl sites for hydroxylation is 1. The van der Waals surface area contributed by atoms with Crippen LogP contribution < -0.4 is 9.64 Å². The van der Waals surface area contributed by atoms with Gasteiger partial charge in [-0.2, -0.15) is 0 Å². The van der Waals surface area contributed by atoms with E-state index in [0.29, 0.717) is 12.3 Å². The van der Waals surface area contributed by atoms with Crippen LogP contribution >= 0.6 is 0 Å². The number of aromatic nitrogens is 2. The maximum absolute atomic E-state index is 14.1. The van der Waals surface area contributed by atoms with Crippen LogP contribution in [0.15, 0.2) is 24.4 Å². The summed E-state index contributed by atoms with van der Waals surface area (Å²) in [5, 5.41) is 0. The van der Waals surface area contributed by atoms with Crippen molar-refractivity contribution in [2.24, 2.45) is 0 Å². The number of benzene rings is 1. The molecule has 144 valence electrons. The molecule has 1 unspecified atom stereocenters. The van der Waals surface area contributed by atoms with Crippen LogP contribution in [0.25, 0.3) is 0 Å². The van der Waals surface area contributed by atoms with Gasteiger partial charge in [0.1, 0.15) is 0 Å². The number of para-hydroxylation sites is 1. The Hall–Kier alpha value is -2.21. The van der Waals surface area contributed by atoms with Gasteiger partial charge in [-0.15, -0.1) is 0 Å². The predicted molar refractivity (Wildman–Crippen MR) is 104 cm³/mol. The molecule has 2 aliphatic rings. The maximum Gasteiger partial charge on any atom is 0.225 e. The van der Waals surface area contributed by atoms with E-state index in [1.54, 1.807) is 6.07 Å². The van der Waals surface area contributed by atoms with Gasteiger partial charge < -0.3 is 9.64 Å². The summed E-state index contributed by atoms with van der Waals surface area (Å²) in [6.45, 7) is 2.66. The molecule has 27 heavy (non-hydrogen) atoms. The third kappa shape index (κ3) is 3.27. The van der Waals surface area contributed by atoms with Gasteiger partial charge >= 0.3 is 0 Å². The van der Waals surface area contributed by atoms with Crippen molar-refractivity contribution in [2.45, 2.75) is 37.6 Å². The van der Waals surface area contributed by atoms with E-state index in [4.69, 9.17) is 9.72 Å². The minimum Gasteiger partial charge on any atom is -0.493 e. The van der Waals surface area contributed by atoms with Gasteiger partial charge in [-0.25, -0.2) is 14.4 Å². The van der Waals surface area contributed by atoms with Gasteiger partial charge in [-0.3, -0.25) is 4.90 Å². The SMILES string of the molecule is COc1c(F)cccc1CN1CCCC2(CCc3cnc(N(C)C)nc32)C1. The molecule has 1 aromatic carbocycles. The van der Waals surface area contributed by atoms with Crippen molar-refractivity contribution in [3.63, 3.8) is 0 Å². The zero-order chi connectivity index (χ0) is 19.0. The van der Waals surface area contributed by atoms with Gasteiger partial charge in [-0.05, 0) is 43.9 Å². The summed E-state index contributed by atoms with van der Waals surface area (Å²) in [6.07, 6.45) is 6.44. The first-order valence-corrected chi connectivity index (χ1v) is 9.60. The summed E-state index contributed by atoms with van der Waals surface area (Å²) < 4.78 is 19.4. The maximum atomic E-state index is 14.1. The molecule has 1 atom stereocenters. The lowest BCUT2D eigenvalue weighted by atomic mass is 9.77. The minimum atomic E-state index is -0.295. The summed E-state index contributed by atoms with van der Waals surface area (Å²) in [4.78, 5) is 13.8. The van der Waals surface area contributed by atoms with E-state index in [2.05, 4.69) is 9.88 Å². The molecule has 0 amide bonds. The molecule has 0 saturated carbocycles. The van der Waals surface area contributed by atoms with Crippen LogP contribution in [-0.4, -0.2) is 49.2 Å². The van der Waals surface area contributed by atoms with Gasteiger partial charge in [-0.1, -0.05) is 12.1 Å². The number of halogens is 1. The molecular formula is C21H27FN4O. The molecule has 0 bridgehead atoms. The molecule has 1 aliphatic carbocycles. The van der Waals surface area contributed by atoms with E-state index in [1.807, 2.05) is 31.3 Å². The zero-order valence-electron chi connectivity index (χ0n) is 16.3. The summed E-state index contributed by atoms with van der Waals surface area (Å²) in [5.74, 6) is 0.844. The van der Waals surface area contributed by atoms with Crippen LogP contribution in [0.1, 0.15) is 36.1 Å². The first-order chi connectivity index (χ1) is 13.0. The molecule has 0 N–H and O–H groups in total. The average molecular weight is 370 g/mol. The minimum absolute atomic E-state index is 0.0852. The Balaban J connectivity index is 1.60. The highest BCUT2D eigenvalue weighted by Gasteiger charge is 2.43. The Morgan fingerprint density at radius 3 is 2.93 bits per heavy atom. The number of rotatable bonds is 4. The van der Waals surface area contributed by atoms with Crippen LogP contribution in [0.3, 0.4) is 0 Å². The number of hydrogen-bond donors (Lipinski definition) is 0. The highest BCUT2D eigenvalue weighted by molar-refractivity contribution is 5.40. The normalized spacial score (nSPS) is 22.1. The number of likely N-dealkylation sites (tertiary alicyclic amines) is 1. The van der Waals surface area contributed by atoms with Crippen LogP contribution in [0.2, 0.25) is 0 Å². The van der Waals surface area contributed by atoms with Crippen LogP contribution in [0.5, 0.6) is 5.75 Å². The molecule has 4 rings (SSSR count). The quantitative estimate of drug-likeness (QED) is 0.827. The van der Waals surface area contributed by atoms with Crippen LogP contribution in [0, 0.1) is 5.82 Å². The highest BCUT2D eigenvalue weighted by atomic mass is 19.1. The van der Waals surface area contributed by atoms with Gasteiger partial charge in [0.15, 0.2) is 11.6 Å². The van der Waals surface area contributed by atoms with Crippen molar-refractivity contribution < 1.29 is 9.13 Å². The van der Waals surface area contributed by atoms with E-state index in [9.17, 15) is 4.39 Å². The molecule has 1 spiro atoms. The fraction of sp³-hybridized carbons (Fsp3) is 0.524. The Morgan fingerprint density at radius 1 is 1.30 bits per heavy atom. The molecular weight excluding hydrogens is 343 g/mol. The fourth-order valence-electron chi connectivity index (χ4n) is 4.65. The second-order valence-electron chi connectivity index (χ2n) is 7.97. The van der Waals surface area contributed by atoms with E-state index >= 15 is 0 Å². The lowest BCUT2D eigenvalue weighted by molar-refractivity contribution is 0.135. The number of nitrogens with zero attached hydrogens (tertiary/aromatic N) is 4. The molecule has 6 heteroatoms. The zero-order valence-corrected chi connectivity index (χ0v) is 16.3. The predicted octanol–water partition coefficient (Wildman–Crippen LogP) is 3.17. The van der Waals surface area contributed by atoms with E-state index in [1.165, 1.54) is 24.4 Å². The average Bonchev–Trinajstić information content (AvgIpc) is 2.99. The topological polar surface area (TPSA) is 41.5 Å². The molecule has 1 fully saturated rings. The second kappa shape index (κ2) is 7.08. The molecule has 1 aromatic heterocycles. The molecule has 0 radical (unpaired) electrons. The van der Waals surface area contributed by atoms with Crippen molar-refractivity contribution in [1.82, 2.24) is 14.9 Å². The lowest BCUT2D eigenvalue weighted by Gasteiger charge is -2.40. The number of fused-ring (bicyclic) bond motifs is 2. The molecule has 1 aliphatic heterocycles. The number of piperidine rings is 1. The monoisotopic (exact) mass is 370 g/mol. The summed E-state index contributed by atoms with van der Waals surface area (Å²) >= 11 is 0. The Kier molecular flexibility index (Phi) is 4.76. The first-order valence-electron chi connectivity index (χ1n) is 9.60. The van der Waals surface area contributed by atoms with Crippen molar-refractivity contribution in [1.29, 1.82) is 0 Å². The van der Waals surface area contributed by atoms with E-state index in [-0.39, 0.29) is 11.2 Å². The summed E-state index contributed by atoms with van der Waals surface area (Å²) in [7, 11) is 5.49. The Labute approximate surface area is 160 Å². The third-order valence-electron chi connectivity index (χ3n) is 5.93. The van der Waals surface area contributed by atoms with Crippen molar-refractivity contribution in [3.05, 3.63) is 47.0 Å². The molecule has 5 nitrogen and oxygen atoms in total. The van der Waals surface area contributed by atoms with Crippen molar-refractivity contribution in [3.8, 4) is 5.75 Å². The first kappa shape index (κ1) is 18.2. The Morgan fingerprint density at radius 2 is 2.15 bits per heavy atom. The standard InChI is InChI=1S/C21H27FN4O/c1-25(2)20-23-12-15-8-10-21(19(15)24-20)9-5-11-26(14-21)13-16-6-4-7-17(22)18(16)27-3/h4,6-7,12H,5,8-11,13-14H2,1-3H3. The van der Waals surface area contributed by atoms with E-state index < -0.39 is 0 Å². The van der Waals surface area contributed by atoms with Gasteiger partial charge in [0.25, 0.3) is 0 Å². The van der Waals surface area contributed by atoms with Gasteiger partial charge in [0.05, 0.1) is 12.8 Å². The number of anilines is 1. The van der Waals surface area contributed by atoms with E-state index in [0.717, 1.165) is 50.3 Å². The van der Waals surface area contributed by atoms with Crippen molar-refractivity contribution >= 4 is 5.95 Å². The Bertz CT molecular complexity index is 837. The molecule has 1 saturated heterocycles. The van der Waals surface area contributed by atoms with Crippen LogP contribution in [-0.2, 0) is 18.4 Å². The van der Waals surface area contributed by atoms with Gasteiger partial charge in [0, 0.05) is 44.4 Å². The largest absolute Gasteiger partial charge is 0.493 e. The van der Waals surface area contributed by atoms with Gasteiger partial charge in [0.2, 0.25) is 5.95 Å². The number of methoxy groups -OCH3 is 1. The summed E-state index contributed by atoms with van der Waals surface area (Å²) in [5.41, 5.74) is 3.49. The fourth-order valence-corrected chi connectivity index (χ4v) is 4.65. The number of hydrogen-bond acceptors (Lipinski definition) is 5. The number of ether oxygens (including phenoxy) is 1. The summed E-state index contributed by atoms with van der Waals surface area (Å²) in [6, 6.07) is 5.17. The van der Waals surface area contributed by atoms with Crippen molar-refractivity contribution in [2.75, 3.05) is 39.2 Å². The molecule has 2 heterocycles. The highest BCUT2D eigenvalue weighted by Crippen LogP contribution is 2.44. The van der Waals surface area contributed by atoms with Crippen LogP contribution in [0.4, 0.5) is 10.3 Å².